The molecule has 1 aliphatic rings. The first kappa shape index (κ1) is 12.1. The lowest BCUT2D eigenvalue weighted by Gasteiger charge is -2.11. The van der Waals surface area contributed by atoms with E-state index in [1.807, 2.05) is 13.0 Å². The monoisotopic (exact) mass is 249 g/mol. The first-order valence-corrected chi connectivity index (χ1v) is 7.29. The van der Waals surface area contributed by atoms with E-state index in [-0.39, 0.29) is 11.2 Å². The Balaban J connectivity index is 2.24. The third kappa shape index (κ3) is 2.67. The Bertz CT molecular complexity index is 565. The molecule has 0 atom stereocenters. The smallest absolute Gasteiger partial charge is 0.178 e. The minimum atomic E-state index is -3.25. The molecule has 0 heterocycles. The van der Waals surface area contributed by atoms with Crippen molar-refractivity contribution in [3.05, 3.63) is 29.8 Å². The summed E-state index contributed by atoms with van der Waals surface area (Å²) in [4.78, 5) is 0.377. The van der Waals surface area contributed by atoms with Crippen molar-refractivity contribution in [2.45, 2.75) is 31.1 Å². The highest BCUT2D eigenvalue weighted by Crippen LogP contribution is 2.50. The van der Waals surface area contributed by atoms with Gasteiger partial charge in [-0.25, -0.2) is 8.42 Å². The van der Waals surface area contributed by atoms with E-state index in [4.69, 9.17) is 5.26 Å². The molecule has 2 rings (SSSR count). The zero-order valence-corrected chi connectivity index (χ0v) is 10.6. The van der Waals surface area contributed by atoms with E-state index in [9.17, 15) is 8.42 Å². The Labute approximate surface area is 102 Å². The number of rotatable bonds is 4. The molecule has 3 nitrogen and oxygen atoms in total. The summed E-state index contributed by atoms with van der Waals surface area (Å²) in [5.74, 6) is 0.108. The van der Waals surface area contributed by atoms with Gasteiger partial charge in [0.1, 0.15) is 0 Å². The first-order chi connectivity index (χ1) is 7.97. The molecular formula is C13H15NO2S. The molecular weight excluding hydrogens is 234 g/mol. The average molecular weight is 249 g/mol. The molecule has 17 heavy (non-hydrogen) atoms. The molecule has 0 spiro atoms. The maximum atomic E-state index is 12.2. The molecule has 0 aromatic heterocycles. The maximum absolute atomic E-state index is 12.2. The summed E-state index contributed by atoms with van der Waals surface area (Å²) in [5.41, 5.74) is 0.674. The second-order valence-electron chi connectivity index (χ2n) is 4.91. The van der Waals surface area contributed by atoms with Crippen LogP contribution >= 0.6 is 0 Å². The maximum Gasteiger partial charge on any atom is 0.178 e. The molecule has 1 aliphatic carbocycles. The molecule has 0 aliphatic heterocycles. The zero-order chi connectivity index (χ0) is 12.5. The van der Waals surface area contributed by atoms with Crippen molar-refractivity contribution >= 4 is 9.84 Å². The van der Waals surface area contributed by atoms with Gasteiger partial charge in [-0.15, -0.1) is 0 Å². The molecule has 0 unspecified atom stereocenters. The molecule has 0 bridgehead atoms. The quantitative estimate of drug-likeness (QED) is 0.823. The Morgan fingerprint density at radius 2 is 2.12 bits per heavy atom. The summed E-state index contributed by atoms with van der Waals surface area (Å²) < 4.78 is 24.4. The highest BCUT2D eigenvalue weighted by molar-refractivity contribution is 7.91. The number of benzene rings is 1. The Hall–Kier alpha value is -1.34. The molecule has 4 heteroatoms. The first-order valence-electron chi connectivity index (χ1n) is 5.64. The van der Waals surface area contributed by atoms with E-state index in [0.717, 1.165) is 18.4 Å². The standard InChI is InChI=1S/C13H15NO2S/c1-11-3-2-4-12(9-11)17(15,16)10-13(5-6-13)7-8-14/h2-4,9H,5-7,10H2,1H3. The van der Waals surface area contributed by atoms with Crippen LogP contribution in [0.4, 0.5) is 0 Å². The summed E-state index contributed by atoms with van der Waals surface area (Å²) >= 11 is 0. The van der Waals surface area contributed by atoms with Crippen molar-refractivity contribution in [2.75, 3.05) is 5.75 Å². The van der Waals surface area contributed by atoms with E-state index >= 15 is 0 Å². The topological polar surface area (TPSA) is 57.9 Å². The summed E-state index contributed by atoms with van der Waals surface area (Å²) in [6, 6.07) is 9.05. The van der Waals surface area contributed by atoms with Gasteiger partial charge in [0.2, 0.25) is 0 Å². The summed E-state index contributed by atoms with van der Waals surface area (Å²) in [5, 5.41) is 8.71. The van der Waals surface area contributed by atoms with Crippen molar-refractivity contribution in [1.82, 2.24) is 0 Å². The molecule has 0 amide bonds. The van der Waals surface area contributed by atoms with Gasteiger partial charge in [-0.1, -0.05) is 12.1 Å². The van der Waals surface area contributed by atoms with Crippen LogP contribution in [-0.2, 0) is 9.84 Å². The van der Waals surface area contributed by atoms with Gasteiger partial charge in [-0.3, -0.25) is 0 Å². The van der Waals surface area contributed by atoms with Crippen LogP contribution in [0.25, 0.3) is 0 Å². The lowest BCUT2D eigenvalue weighted by molar-refractivity contribution is 0.548. The molecule has 1 aromatic rings. The second kappa shape index (κ2) is 4.15. The van der Waals surface area contributed by atoms with Crippen LogP contribution in [0, 0.1) is 23.7 Å². The summed E-state index contributed by atoms with van der Waals surface area (Å²) in [6.07, 6.45) is 2.05. The van der Waals surface area contributed by atoms with Gasteiger partial charge in [0, 0.05) is 6.42 Å². The van der Waals surface area contributed by atoms with Gasteiger partial charge in [0.15, 0.2) is 9.84 Å². The molecule has 90 valence electrons. The Morgan fingerprint density at radius 1 is 1.41 bits per heavy atom. The van der Waals surface area contributed by atoms with Gasteiger partial charge >= 0.3 is 0 Å². The highest BCUT2D eigenvalue weighted by Gasteiger charge is 2.46. The van der Waals surface area contributed by atoms with Crippen LogP contribution in [0.15, 0.2) is 29.2 Å². The third-order valence-corrected chi connectivity index (χ3v) is 5.22. The van der Waals surface area contributed by atoms with Crippen molar-refractivity contribution in [3.8, 4) is 6.07 Å². The molecule has 1 aromatic carbocycles. The van der Waals surface area contributed by atoms with Crippen LogP contribution < -0.4 is 0 Å². The molecule has 1 saturated carbocycles. The Morgan fingerprint density at radius 3 is 2.65 bits per heavy atom. The lowest BCUT2D eigenvalue weighted by Crippen LogP contribution is -2.17. The van der Waals surface area contributed by atoms with Gasteiger partial charge in [0.05, 0.1) is 16.7 Å². The van der Waals surface area contributed by atoms with Gasteiger partial charge in [-0.05, 0) is 42.9 Å². The lowest BCUT2D eigenvalue weighted by atomic mass is 10.1. The minimum Gasteiger partial charge on any atom is -0.224 e. The van der Waals surface area contributed by atoms with E-state index in [1.165, 1.54) is 0 Å². The fourth-order valence-electron chi connectivity index (χ4n) is 2.01. The Kier molecular flexibility index (Phi) is 2.96. The summed E-state index contributed by atoms with van der Waals surface area (Å²) in [7, 11) is -3.25. The van der Waals surface area contributed by atoms with Crippen LogP contribution in [0.1, 0.15) is 24.8 Å². The summed E-state index contributed by atoms with van der Waals surface area (Å²) in [6.45, 7) is 1.88. The fraction of sp³-hybridized carbons (Fsp3) is 0.462. The second-order valence-corrected chi connectivity index (χ2v) is 6.90. The fourth-order valence-corrected chi connectivity index (χ4v) is 4.03. The zero-order valence-electron chi connectivity index (χ0n) is 9.81. The van der Waals surface area contributed by atoms with Crippen LogP contribution in [-0.4, -0.2) is 14.2 Å². The van der Waals surface area contributed by atoms with Gasteiger partial charge in [0.25, 0.3) is 0 Å². The number of nitrogens with zero attached hydrogens (tertiary/aromatic N) is 1. The molecule has 0 N–H and O–H groups in total. The number of hydrogen-bond donors (Lipinski definition) is 0. The predicted octanol–water partition coefficient (Wildman–Crippen LogP) is 2.46. The van der Waals surface area contributed by atoms with E-state index in [2.05, 4.69) is 6.07 Å². The SMILES string of the molecule is Cc1cccc(S(=O)(=O)CC2(CC#N)CC2)c1. The van der Waals surface area contributed by atoms with Crippen LogP contribution in [0.5, 0.6) is 0 Å². The molecule has 0 radical (unpaired) electrons. The molecule has 0 saturated heterocycles. The number of sulfone groups is 1. The van der Waals surface area contributed by atoms with Crippen LogP contribution in [0.3, 0.4) is 0 Å². The van der Waals surface area contributed by atoms with E-state index in [0.29, 0.717) is 11.3 Å². The normalized spacial score (nSPS) is 17.4. The van der Waals surface area contributed by atoms with Crippen molar-refractivity contribution in [2.24, 2.45) is 5.41 Å². The number of nitriles is 1. The van der Waals surface area contributed by atoms with Crippen molar-refractivity contribution < 1.29 is 8.42 Å². The third-order valence-electron chi connectivity index (χ3n) is 3.26. The van der Waals surface area contributed by atoms with Gasteiger partial charge < -0.3 is 0 Å². The van der Waals surface area contributed by atoms with Crippen molar-refractivity contribution in [3.63, 3.8) is 0 Å². The largest absolute Gasteiger partial charge is 0.224 e. The van der Waals surface area contributed by atoms with Crippen molar-refractivity contribution in [1.29, 1.82) is 5.26 Å². The van der Waals surface area contributed by atoms with Crippen LogP contribution in [0.2, 0.25) is 0 Å². The number of aryl methyl sites for hydroxylation is 1. The van der Waals surface area contributed by atoms with E-state index < -0.39 is 9.84 Å². The van der Waals surface area contributed by atoms with E-state index in [1.54, 1.807) is 18.2 Å². The minimum absolute atomic E-state index is 0.108. The van der Waals surface area contributed by atoms with Gasteiger partial charge in [-0.2, -0.15) is 5.26 Å². The number of hydrogen-bond acceptors (Lipinski definition) is 3. The predicted molar refractivity (Wildman–Crippen MR) is 65.1 cm³/mol. The highest BCUT2D eigenvalue weighted by atomic mass is 32.2. The average Bonchev–Trinajstić information content (AvgIpc) is 2.97. The molecule has 1 fully saturated rings.